The van der Waals surface area contributed by atoms with E-state index < -0.39 is 12.0 Å². The van der Waals surface area contributed by atoms with Crippen molar-refractivity contribution < 1.29 is 9.90 Å². The highest BCUT2D eigenvalue weighted by molar-refractivity contribution is 7.11. The third-order valence-corrected chi connectivity index (χ3v) is 3.49. The van der Waals surface area contributed by atoms with E-state index in [1.165, 1.54) is 0 Å². The molecule has 90 valence electrons. The van der Waals surface area contributed by atoms with Crippen molar-refractivity contribution in [1.82, 2.24) is 10.3 Å². The highest BCUT2D eigenvalue weighted by atomic mass is 32.1. The molecule has 0 saturated heterocycles. The molecule has 0 bridgehead atoms. The molecule has 0 aliphatic heterocycles. The molecule has 5 heteroatoms. The van der Waals surface area contributed by atoms with Crippen LogP contribution in [0.2, 0.25) is 0 Å². The van der Waals surface area contributed by atoms with Crippen LogP contribution in [0, 0.1) is 19.8 Å². The summed E-state index contributed by atoms with van der Waals surface area (Å²) in [6, 6.07) is -0.498. The summed E-state index contributed by atoms with van der Waals surface area (Å²) in [5.41, 5.74) is 0.989. The fourth-order valence-corrected chi connectivity index (χ4v) is 2.44. The van der Waals surface area contributed by atoms with Crippen LogP contribution in [0.15, 0.2) is 0 Å². The molecule has 16 heavy (non-hydrogen) atoms. The Morgan fingerprint density at radius 3 is 2.50 bits per heavy atom. The summed E-state index contributed by atoms with van der Waals surface area (Å²) in [7, 11) is 0. The predicted octanol–water partition coefficient (Wildman–Crippen LogP) is 1.96. The molecule has 1 aromatic rings. The second kappa shape index (κ2) is 5.41. The number of rotatable bonds is 5. The number of aromatic nitrogens is 1. The van der Waals surface area contributed by atoms with E-state index >= 15 is 0 Å². The summed E-state index contributed by atoms with van der Waals surface area (Å²) in [6.07, 6.45) is 0. The van der Waals surface area contributed by atoms with Gasteiger partial charge < -0.3 is 5.11 Å². The summed E-state index contributed by atoms with van der Waals surface area (Å²) in [5, 5.41) is 13.1. The van der Waals surface area contributed by atoms with Crippen molar-refractivity contribution in [2.75, 3.05) is 0 Å². The van der Waals surface area contributed by atoms with Gasteiger partial charge in [0, 0.05) is 11.4 Å². The molecule has 4 nitrogen and oxygen atoms in total. The number of aliphatic carboxylic acids is 1. The Morgan fingerprint density at radius 1 is 1.50 bits per heavy atom. The second-order valence-corrected chi connectivity index (χ2v) is 5.47. The van der Waals surface area contributed by atoms with Gasteiger partial charge in [-0.15, -0.1) is 11.3 Å². The minimum Gasteiger partial charge on any atom is -0.480 e. The van der Waals surface area contributed by atoms with Gasteiger partial charge in [-0.3, -0.25) is 10.1 Å². The van der Waals surface area contributed by atoms with Gasteiger partial charge in [-0.05, 0) is 19.8 Å². The molecule has 0 aliphatic carbocycles. The Labute approximate surface area is 99.7 Å². The number of hydrogen-bond donors (Lipinski definition) is 2. The molecule has 0 radical (unpaired) electrons. The van der Waals surface area contributed by atoms with Crippen molar-refractivity contribution in [3.63, 3.8) is 0 Å². The van der Waals surface area contributed by atoms with E-state index in [4.69, 9.17) is 5.11 Å². The molecule has 1 aromatic heterocycles. The highest BCUT2D eigenvalue weighted by Gasteiger charge is 2.21. The van der Waals surface area contributed by atoms with Crippen molar-refractivity contribution in [1.29, 1.82) is 0 Å². The maximum atomic E-state index is 11.0. The van der Waals surface area contributed by atoms with E-state index in [0.717, 1.165) is 15.6 Å². The van der Waals surface area contributed by atoms with Gasteiger partial charge in [0.25, 0.3) is 0 Å². The quantitative estimate of drug-likeness (QED) is 0.828. The van der Waals surface area contributed by atoms with Crippen LogP contribution in [-0.2, 0) is 11.3 Å². The fourth-order valence-electron chi connectivity index (χ4n) is 1.55. The van der Waals surface area contributed by atoms with Gasteiger partial charge in [0.2, 0.25) is 0 Å². The summed E-state index contributed by atoms with van der Waals surface area (Å²) < 4.78 is 0. The van der Waals surface area contributed by atoms with Crippen molar-refractivity contribution in [3.8, 4) is 0 Å². The summed E-state index contributed by atoms with van der Waals surface area (Å²) in [5.74, 6) is -0.722. The minimum atomic E-state index is -0.797. The van der Waals surface area contributed by atoms with Crippen LogP contribution in [-0.4, -0.2) is 22.1 Å². The monoisotopic (exact) mass is 242 g/mol. The molecular weight excluding hydrogens is 224 g/mol. The highest BCUT2D eigenvalue weighted by Crippen LogP contribution is 2.17. The van der Waals surface area contributed by atoms with Gasteiger partial charge in [0.1, 0.15) is 6.04 Å². The average Bonchev–Trinajstić information content (AvgIpc) is 2.44. The van der Waals surface area contributed by atoms with Gasteiger partial charge in [-0.2, -0.15) is 0 Å². The third kappa shape index (κ3) is 3.28. The van der Waals surface area contributed by atoms with E-state index in [1.807, 2.05) is 27.7 Å². The lowest BCUT2D eigenvalue weighted by molar-refractivity contribution is -0.140. The topological polar surface area (TPSA) is 62.2 Å². The molecule has 1 rings (SSSR count). The largest absolute Gasteiger partial charge is 0.480 e. The average molecular weight is 242 g/mol. The normalized spacial score (nSPS) is 13.1. The molecule has 0 spiro atoms. The Bertz CT molecular complexity index is 374. The van der Waals surface area contributed by atoms with Gasteiger partial charge in [-0.1, -0.05) is 13.8 Å². The van der Waals surface area contributed by atoms with E-state index in [2.05, 4.69) is 10.3 Å². The summed E-state index contributed by atoms with van der Waals surface area (Å²) in [6.45, 7) is 8.28. The molecule has 1 heterocycles. The number of nitrogens with one attached hydrogen (secondary N) is 1. The molecule has 1 unspecified atom stereocenters. The fraction of sp³-hybridized carbons (Fsp3) is 0.636. The molecule has 0 fully saturated rings. The lowest BCUT2D eigenvalue weighted by Gasteiger charge is -2.17. The number of thiazole rings is 1. The van der Waals surface area contributed by atoms with Crippen LogP contribution in [0.3, 0.4) is 0 Å². The Hall–Kier alpha value is -0.940. The van der Waals surface area contributed by atoms with Crippen LogP contribution in [0.4, 0.5) is 0 Å². The Balaban J connectivity index is 2.62. The second-order valence-electron chi connectivity index (χ2n) is 4.18. The molecule has 0 aliphatic rings. The maximum Gasteiger partial charge on any atom is 0.320 e. The van der Waals surface area contributed by atoms with E-state index in [1.54, 1.807) is 11.3 Å². The SMILES string of the molecule is Cc1nc(C)c(CNC(C(=O)O)C(C)C)s1. The molecular formula is C11H18N2O2S. The number of carboxylic acid groups (broad SMARTS) is 1. The first-order valence-corrected chi connectivity index (χ1v) is 6.12. The Kier molecular flexibility index (Phi) is 4.44. The van der Waals surface area contributed by atoms with Gasteiger partial charge in [-0.25, -0.2) is 4.98 Å². The zero-order valence-corrected chi connectivity index (χ0v) is 10.9. The zero-order valence-electron chi connectivity index (χ0n) is 10.1. The third-order valence-electron chi connectivity index (χ3n) is 2.41. The predicted molar refractivity (Wildman–Crippen MR) is 64.7 cm³/mol. The molecule has 0 aromatic carbocycles. The first kappa shape index (κ1) is 13.1. The number of carboxylic acids is 1. The van der Waals surface area contributed by atoms with Crippen LogP contribution in [0.25, 0.3) is 0 Å². The van der Waals surface area contributed by atoms with Crippen LogP contribution >= 0.6 is 11.3 Å². The lowest BCUT2D eigenvalue weighted by Crippen LogP contribution is -2.40. The minimum absolute atomic E-state index is 0.0758. The number of hydrogen-bond acceptors (Lipinski definition) is 4. The smallest absolute Gasteiger partial charge is 0.320 e. The molecule has 2 N–H and O–H groups in total. The van der Waals surface area contributed by atoms with E-state index in [-0.39, 0.29) is 5.92 Å². The summed E-state index contributed by atoms with van der Waals surface area (Å²) >= 11 is 1.61. The molecule has 0 amide bonds. The number of carbonyl (C=O) groups is 1. The van der Waals surface area contributed by atoms with Crippen molar-refractivity contribution in [2.24, 2.45) is 5.92 Å². The van der Waals surface area contributed by atoms with Crippen LogP contribution < -0.4 is 5.32 Å². The van der Waals surface area contributed by atoms with Gasteiger partial charge in [0.05, 0.1) is 10.7 Å². The van der Waals surface area contributed by atoms with E-state index in [0.29, 0.717) is 6.54 Å². The van der Waals surface area contributed by atoms with Crippen molar-refractivity contribution in [2.45, 2.75) is 40.3 Å². The molecule has 0 saturated carbocycles. The number of nitrogens with zero attached hydrogens (tertiary/aromatic N) is 1. The Morgan fingerprint density at radius 2 is 2.12 bits per heavy atom. The van der Waals surface area contributed by atoms with Crippen molar-refractivity contribution in [3.05, 3.63) is 15.6 Å². The summed E-state index contributed by atoms with van der Waals surface area (Å²) in [4.78, 5) is 16.4. The van der Waals surface area contributed by atoms with E-state index in [9.17, 15) is 4.79 Å². The first-order valence-electron chi connectivity index (χ1n) is 5.31. The van der Waals surface area contributed by atoms with Crippen LogP contribution in [0.1, 0.15) is 29.4 Å². The van der Waals surface area contributed by atoms with Gasteiger partial charge >= 0.3 is 5.97 Å². The molecule has 1 atom stereocenters. The van der Waals surface area contributed by atoms with Crippen molar-refractivity contribution >= 4 is 17.3 Å². The van der Waals surface area contributed by atoms with Gasteiger partial charge in [0.15, 0.2) is 0 Å². The lowest BCUT2D eigenvalue weighted by atomic mass is 10.1. The van der Waals surface area contributed by atoms with Crippen LogP contribution in [0.5, 0.6) is 0 Å². The standard InChI is InChI=1S/C11H18N2O2S/c1-6(2)10(11(14)15)12-5-9-7(3)13-8(4)16-9/h6,10,12H,5H2,1-4H3,(H,14,15). The number of aryl methyl sites for hydroxylation is 2. The first-order chi connectivity index (χ1) is 7.41. The maximum absolute atomic E-state index is 11.0. The zero-order chi connectivity index (χ0) is 12.3.